The monoisotopic (exact) mass is 359 g/mol. The lowest BCUT2D eigenvalue weighted by molar-refractivity contribution is 0.0920. The minimum absolute atomic E-state index is 0.0540. The Kier molecular flexibility index (Phi) is 6.00. The molecule has 0 aliphatic carbocycles. The van der Waals surface area contributed by atoms with Crippen molar-refractivity contribution in [3.05, 3.63) is 95.6 Å². The average Bonchev–Trinajstić information content (AvgIpc) is 2.73. The molecule has 0 radical (unpaired) electrons. The number of hydrogen-bond donors (Lipinski definition) is 1. The standard InChI is InChI=1S/C23H21NO3/c1-2-17-11-13-18(14-12-17)22(25)16-27-21-10-6-9-20(15-21)24-23(26)19-7-4-3-5-8-19/h3-15H,2,16H2,1H3,(H,24,26). The minimum Gasteiger partial charge on any atom is -0.485 e. The Bertz CT molecular complexity index is 918. The number of aryl methyl sites for hydroxylation is 1. The van der Waals surface area contributed by atoms with Crippen LogP contribution in [0, 0.1) is 0 Å². The van der Waals surface area contributed by atoms with Crippen molar-refractivity contribution in [3.8, 4) is 5.75 Å². The fourth-order valence-corrected chi connectivity index (χ4v) is 2.61. The highest BCUT2D eigenvalue weighted by molar-refractivity contribution is 6.04. The summed E-state index contributed by atoms with van der Waals surface area (Å²) >= 11 is 0. The zero-order chi connectivity index (χ0) is 19.1. The van der Waals surface area contributed by atoms with Gasteiger partial charge in [0.2, 0.25) is 0 Å². The Morgan fingerprint density at radius 2 is 1.59 bits per heavy atom. The second-order valence-corrected chi connectivity index (χ2v) is 6.11. The summed E-state index contributed by atoms with van der Waals surface area (Å²) < 4.78 is 5.61. The molecular formula is C23H21NO3. The third-order valence-electron chi connectivity index (χ3n) is 4.18. The van der Waals surface area contributed by atoms with Crippen molar-refractivity contribution in [1.29, 1.82) is 0 Å². The van der Waals surface area contributed by atoms with Crippen LogP contribution in [-0.4, -0.2) is 18.3 Å². The van der Waals surface area contributed by atoms with E-state index < -0.39 is 0 Å². The molecule has 0 aliphatic rings. The summed E-state index contributed by atoms with van der Waals surface area (Å²) in [5.74, 6) is 0.246. The van der Waals surface area contributed by atoms with Crippen molar-refractivity contribution < 1.29 is 14.3 Å². The third kappa shape index (κ3) is 5.05. The third-order valence-corrected chi connectivity index (χ3v) is 4.18. The number of carbonyl (C=O) groups excluding carboxylic acids is 2. The van der Waals surface area contributed by atoms with Gasteiger partial charge in [-0.05, 0) is 36.2 Å². The van der Waals surface area contributed by atoms with Crippen molar-refractivity contribution in [2.75, 3.05) is 11.9 Å². The zero-order valence-corrected chi connectivity index (χ0v) is 15.1. The van der Waals surface area contributed by atoms with Gasteiger partial charge < -0.3 is 10.1 Å². The lowest BCUT2D eigenvalue weighted by Crippen LogP contribution is -2.13. The predicted octanol–water partition coefficient (Wildman–Crippen LogP) is 4.76. The highest BCUT2D eigenvalue weighted by Gasteiger charge is 2.09. The highest BCUT2D eigenvalue weighted by atomic mass is 16.5. The number of anilines is 1. The van der Waals surface area contributed by atoms with E-state index in [-0.39, 0.29) is 18.3 Å². The van der Waals surface area contributed by atoms with Crippen LogP contribution in [0.25, 0.3) is 0 Å². The zero-order valence-electron chi connectivity index (χ0n) is 15.1. The van der Waals surface area contributed by atoms with Gasteiger partial charge in [0.05, 0.1) is 0 Å². The van der Waals surface area contributed by atoms with Gasteiger partial charge in [0, 0.05) is 22.9 Å². The number of benzene rings is 3. The number of nitrogens with one attached hydrogen (secondary N) is 1. The molecule has 0 atom stereocenters. The molecule has 4 heteroatoms. The quantitative estimate of drug-likeness (QED) is 0.619. The Balaban J connectivity index is 1.60. The first-order valence-corrected chi connectivity index (χ1v) is 8.87. The van der Waals surface area contributed by atoms with Crippen LogP contribution in [-0.2, 0) is 6.42 Å². The molecule has 1 amide bonds. The van der Waals surface area contributed by atoms with E-state index in [2.05, 4.69) is 12.2 Å². The van der Waals surface area contributed by atoms with E-state index >= 15 is 0 Å². The summed E-state index contributed by atoms with van der Waals surface area (Å²) in [4.78, 5) is 24.5. The van der Waals surface area contributed by atoms with Crippen molar-refractivity contribution in [3.63, 3.8) is 0 Å². The Morgan fingerprint density at radius 3 is 2.30 bits per heavy atom. The van der Waals surface area contributed by atoms with E-state index in [9.17, 15) is 9.59 Å². The van der Waals surface area contributed by atoms with Gasteiger partial charge >= 0.3 is 0 Å². The first kappa shape index (κ1) is 18.4. The molecule has 3 rings (SSSR count). The summed E-state index contributed by atoms with van der Waals surface area (Å²) in [5, 5.41) is 2.83. The highest BCUT2D eigenvalue weighted by Crippen LogP contribution is 2.18. The molecule has 1 N–H and O–H groups in total. The Hall–Kier alpha value is -3.40. The smallest absolute Gasteiger partial charge is 0.255 e. The summed E-state index contributed by atoms with van der Waals surface area (Å²) in [6.45, 7) is 2.02. The minimum atomic E-state index is -0.195. The number of hydrogen-bond acceptors (Lipinski definition) is 3. The largest absolute Gasteiger partial charge is 0.485 e. The molecule has 0 heterocycles. The molecule has 0 saturated carbocycles. The van der Waals surface area contributed by atoms with Crippen LogP contribution in [0.2, 0.25) is 0 Å². The maximum atomic E-state index is 12.3. The summed E-state index contributed by atoms with van der Waals surface area (Å²) in [6, 6.07) is 23.5. The molecule has 3 aromatic rings. The molecule has 0 unspecified atom stereocenters. The number of ketones is 1. The number of Topliss-reactive ketones (excluding diaryl/α,β-unsaturated/α-hetero) is 1. The lowest BCUT2D eigenvalue weighted by atomic mass is 10.1. The van der Waals surface area contributed by atoms with E-state index in [0.29, 0.717) is 22.6 Å². The molecule has 0 spiro atoms. The SMILES string of the molecule is CCc1ccc(C(=O)COc2cccc(NC(=O)c3ccccc3)c2)cc1. The van der Waals surface area contributed by atoms with Gasteiger partial charge in [-0.25, -0.2) is 0 Å². The topological polar surface area (TPSA) is 55.4 Å². The molecular weight excluding hydrogens is 338 g/mol. The van der Waals surface area contributed by atoms with E-state index in [1.165, 1.54) is 5.56 Å². The van der Waals surface area contributed by atoms with Crippen molar-refractivity contribution >= 4 is 17.4 Å². The molecule has 4 nitrogen and oxygen atoms in total. The van der Waals surface area contributed by atoms with Crippen LogP contribution in [0.4, 0.5) is 5.69 Å². The maximum absolute atomic E-state index is 12.3. The first-order chi connectivity index (χ1) is 13.2. The van der Waals surface area contributed by atoms with Gasteiger partial charge in [-0.3, -0.25) is 9.59 Å². The van der Waals surface area contributed by atoms with E-state index in [0.717, 1.165) is 6.42 Å². The predicted molar refractivity (Wildman–Crippen MR) is 106 cm³/mol. The molecule has 0 saturated heterocycles. The number of carbonyl (C=O) groups is 2. The normalized spacial score (nSPS) is 10.3. The average molecular weight is 359 g/mol. The Morgan fingerprint density at radius 1 is 0.852 bits per heavy atom. The van der Waals surface area contributed by atoms with Crippen molar-refractivity contribution in [1.82, 2.24) is 0 Å². The fraction of sp³-hybridized carbons (Fsp3) is 0.130. The van der Waals surface area contributed by atoms with Gasteiger partial charge in [0.15, 0.2) is 12.4 Å². The van der Waals surface area contributed by atoms with Crippen LogP contribution in [0.3, 0.4) is 0 Å². The second kappa shape index (κ2) is 8.81. The van der Waals surface area contributed by atoms with Crippen LogP contribution in [0.5, 0.6) is 5.75 Å². The van der Waals surface area contributed by atoms with E-state index in [4.69, 9.17) is 4.74 Å². The molecule has 0 bridgehead atoms. The van der Waals surface area contributed by atoms with E-state index in [1.807, 2.05) is 42.5 Å². The Labute approximate surface area is 158 Å². The molecule has 0 fully saturated rings. The van der Waals surface area contributed by atoms with E-state index in [1.54, 1.807) is 36.4 Å². The van der Waals surface area contributed by atoms with Gasteiger partial charge in [0.1, 0.15) is 5.75 Å². The van der Waals surface area contributed by atoms with Crippen molar-refractivity contribution in [2.24, 2.45) is 0 Å². The first-order valence-electron chi connectivity index (χ1n) is 8.87. The number of amides is 1. The fourth-order valence-electron chi connectivity index (χ4n) is 2.61. The lowest BCUT2D eigenvalue weighted by Gasteiger charge is -2.09. The molecule has 0 aromatic heterocycles. The van der Waals surface area contributed by atoms with Crippen LogP contribution in [0.15, 0.2) is 78.9 Å². The number of ether oxygens (including phenoxy) is 1. The molecule has 27 heavy (non-hydrogen) atoms. The molecule has 136 valence electrons. The van der Waals surface area contributed by atoms with Crippen LogP contribution in [0.1, 0.15) is 33.2 Å². The summed E-state index contributed by atoms with van der Waals surface area (Å²) in [7, 11) is 0. The van der Waals surface area contributed by atoms with Gasteiger partial charge in [-0.2, -0.15) is 0 Å². The van der Waals surface area contributed by atoms with Gasteiger partial charge in [0.25, 0.3) is 5.91 Å². The molecule has 0 aliphatic heterocycles. The summed E-state index contributed by atoms with van der Waals surface area (Å²) in [5.41, 5.74) is 3.01. The molecule has 3 aromatic carbocycles. The van der Waals surface area contributed by atoms with Crippen LogP contribution < -0.4 is 10.1 Å². The van der Waals surface area contributed by atoms with Crippen molar-refractivity contribution in [2.45, 2.75) is 13.3 Å². The van der Waals surface area contributed by atoms with Gasteiger partial charge in [-0.1, -0.05) is 55.5 Å². The van der Waals surface area contributed by atoms with Gasteiger partial charge in [-0.15, -0.1) is 0 Å². The number of rotatable bonds is 7. The summed E-state index contributed by atoms with van der Waals surface area (Å²) in [6.07, 6.45) is 0.937. The van der Waals surface area contributed by atoms with Crippen LogP contribution >= 0.6 is 0 Å². The maximum Gasteiger partial charge on any atom is 0.255 e. The second-order valence-electron chi connectivity index (χ2n) is 6.11.